The van der Waals surface area contributed by atoms with Crippen LogP contribution in [0.3, 0.4) is 0 Å². The Morgan fingerprint density at radius 2 is 2.30 bits per heavy atom. The number of nitrogens with one attached hydrogen (secondary N) is 2. The van der Waals surface area contributed by atoms with Crippen LogP contribution < -0.4 is 5.32 Å². The molecular weight excluding hydrogens is 292 g/mol. The molecule has 2 aromatic rings. The van der Waals surface area contributed by atoms with Crippen molar-refractivity contribution < 1.29 is 4.79 Å². The Kier molecular flexibility index (Phi) is 4.95. The van der Waals surface area contributed by atoms with Gasteiger partial charge >= 0.3 is 6.03 Å². The lowest BCUT2D eigenvalue weighted by Gasteiger charge is -2.31. The van der Waals surface area contributed by atoms with Crippen LogP contribution in [0.1, 0.15) is 31.4 Å². The first-order valence-electron chi connectivity index (χ1n) is 8.21. The number of hydrogen-bond donors (Lipinski definition) is 2. The highest BCUT2D eigenvalue weighted by molar-refractivity contribution is 5.74. The third-order valence-electron chi connectivity index (χ3n) is 4.40. The molecular formula is C16H24N6O. The first-order valence-corrected chi connectivity index (χ1v) is 8.21. The van der Waals surface area contributed by atoms with Gasteiger partial charge in [-0.05, 0) is 24.8 Å². The predicted octanol–water partition coefficient (Wildman–Crippen LogP) is 1.83. The minimum Gasteiger partial charge on any atom is -0.348 e. The second-order valence-electron chi connectivity index (χ2n) is 6.29. The zero-order valence-corrected chi connectivity index (χ0v) is 13.5. The van der Waals surface area contributed by atoms with E-state index in [-0.39, 0.29) is 6.03 Å². The molecule has 0 bridgehead atoms. The fourth-order valence-electron chi connectivity index (χ4n) is 3.05. The van der Waals surface area contributed by atoms with Crippen LogP contribution in [-0.4, -0.2) is 50.3 Å². The molecule has 124 valence electrons. The van der Waals surface area contributed by atoms with Gasteiger partial charge in [-0.15, -0.1) is 0 Å². The number of nitrogens with zero attached hydrogens (tertiary/aromatic N) is 4. The van der Waals surface area contributed by atoms with Crippen molar-refractivity contribution in [1.82, 2.24) is 30.0 Å². The normalized spacial score (nSPS) is 17.2. The summed E-state index contributed by atoms with van der Waals surface area (Å²) in [5, 5.41) is 7.23. The van der Waals surface area contributed by atoms with Gasteiger partial charge in [0.25, 0.3) is 0 Å². The van der Waals surface area contributed by atoms with Crippen LogP contribution in [0.5, 0.6) is 0 Å². The average Bonchev–Trinajstić information content (AvgIpc) is 3.26. The molecule has 1 fully saturated rings. The third-order valence-corrected chi connectivity index (χ3v) is 4.40. The largest absolute Gasteiger partial charge is 0.348 e. The Bertz CT molecular complexity index is 586. The third kappa shape index (κ3) is 4.12. The monoisotopic (exact) mass is 316 g/mol. The Labute approximate surface area is 136 Å². The van der Waals surface area contributed by atoms with Crippen molar-refractivity contribution in [2.75, 3.05) is 19.6 Å². The van der Waals surface area contributed by atoms with Gasteiger partial charge in [0.1, 0.15) is 0 Å². The number of carbonyl (C=O) groups excluding carboxylic acids is 1. The van der Waals surface area contributed by atoms with Crippen molar-refractivity contribution in [3.05, 3.63) is 36.7 Å². The molecule has 3 rings (SSSR count). The van der Waals surface area contributed by atoms with Gasteiger partial charge in [-0.2, -0.15) is 5.10 Å². The van der Waals surface area contributed by atoms with Crippen LogP contribution >= 0.6 is 0 Å². The molecule has 7 heteroatoms. The van der Waals surface area contributed by atoms with Gasteiger partial charge in [0.15, 0.2) is 0 Å². The van der Waals surface area contributed by atoms with Gasteiger partial charge in [-0.25, -0.2) is 9.78 Å². The van der Waals surface area contributed by atoms with E-state index in [0.29, 0.717) is 18.4 Å². The number of aromatic amines is 1. The lowest BCUT2D eigenvalue weighted by atomic mass is 9.94. The van der Waals surface area contributed by atoms with Crippen LogP contribution in [0.2, 0.25) is 0 Å². The molecule has 0 aromatic carbocycles. The minimum atomic E-state index is 0.0420. The zero-order valence-electron chi connectivity index (χ0n) is 13.5. The van der Waals surface area contributed by atoms with Gasteiger partial charge < -0.3 is 15.2 Å². The zero-order chi connectivity index (χ0) is 16.1. The van der Waals surface area contributed by atoms with E-state index in [1.807, 2.05) is 28.0 Å². The molecule has 1 atom stereocenters. The Morgan fingerprint density at radius 1 is 1.48 bits per heavy atom. The highest BCUT2D eigenvalue weighted by Crippen LogP contribution is 2.26. The van der Waals surface area contributed by atoms with Gasteiger partial charge in [0.2, 0.25) is 0 Å². The number of hydrogen-bond acceptors (Lipinski definition) is 3. The summed E-state index contributed by atoms with van der Waals surface area (Å²) in [4.78, 5) is 21.4. The summed E-state index contributed by atoms with van der Waals surface area (Å²) >= 11 is 0. The first-order chi connectivity index (χ1) is 11.2. The molecule has 2 N–H and O–H groups in total. The van der Waals surface area contributed by atoms with Crippen LogP contribution in [0.25, 0.3) is 0 Å². The number of amides is 2. The number of imidazole rings is 1. The fourth-order valence-corrected chi connectivity index (χ4v) is 3.05. The SMILES string of the molecule is CC(CNC(=O)N1CCC(c2cnc[nH]2)CC1)Cn1cccn1. The van der Waals surface area contributed by atoms with E-state index in [9.17, 15) is 4.79 Å². The van der Waals surface area contributed by atoms with E-state index in [2.05, 4.69) is 27.3 Å². The number of piperidine rings is 1. The van der Waals surface area contributed by atoms with Gasteiger partial charge in [0, 0.05) is 56.4 Å². The van der Waals surface area contributed by atoms with Crippen LogP contribution in [-0.2, 0) is 6.54 Å². The van der Waals surface area contributed by atoms with E-state index in [0.717, 1.165) is 32.5 Å². The molecule has 23 heavy (non-hydrogen) atoms. The molecule has 0 saturated carbocycles. The van der Waals surface area contributed by atoms with E-state index in [1.165, 1.54) is 5.69 Å². The summed E-state index contributed by atoms with van der Waals surface area (Å²) in [6.45, 7) is 5.19. The predicted molar refractivity (Wildman–Crippen MR) is 86.9 cm³/mol. The van der Waals surface area contributed by atoms with E-state index in [1.54, 1.807) is 12.5 Å². The topological polar surface area (TPSA) is 78.8 Å². The van der Waals surface area contributed by atoms with E-state index < -0.39 is 0 Å². The standard InChI is InChI=1S/C16H24N6O/c1-13(11-22-6-2-5-20-22)9-18-16(23)21-7-3-14(4-8-21)15-10-17-12-19-15/h2,5-6,10,12-14H,3-4,7-9,11H2,1H3,(H,17,19)(H,18,23). The average molecular weight is 316 g/mol. The quantitative estimate of drug-likeness (QED) is 0.883. The molecule has 0 spiro atoms. The Balaban J connectivity index is 1.39. The highest BCUT2D eigenvalue weighted by Gasteiger charge is 2.24. The smallest absolute Gasteiger partial charge is 0.317 e. The molecule has 1 unspecified atom stereocenters. The Morgan fingerprint density at radius 3 is 2.96 bits per heavy atom. The van der Waals surface area contributed by atoms with Crippen molar-refractivity contribution in [3.8, 4) is 0 Å². The minimum absolute atomic E-state index is 0.0420. The summed E-state index contributed by atoms with van der Waals surface area (Å²) in [6.07, 6.45) is 9.29. The molecule has 3 heterocycles. The number of urea groups is 1. The van der Waals surface area contributed by atoms with Crippen molar-refractivity contribution >= 4 is 6.03 Å². The molecule has 0 aliphatic carbocycles. The summed E-state index contributed by atoms with van der Waals surface area (Å²) in [7, 11) is 0. The van der Waals surface area contributed by atoms with Gasteiger partial charge in [-0.1, -0.05) is 6.92 Å². The maximum absolute atomic E-state index is 12.3. The second-order valence-corrected chi connectivity index (χ2v) is 6.29. The summed E-state index contributed by atoms with van der Waals surface area (Å²) in [5.41, 5.74) is 1.18. The van der Waals surface area contributed by atoms with Crippen LogP contribution in [0.15, 0.2) is 31.0 Å². The number of H-pyrrole nitrogens is 1. The summed E-state index contributed by atoms with van der Waals surface area (Å²) in [5.74, 6) is 0.835. The lowest BCUT2D eigenvalue weighted by molar-refractivity contribution is 0.179. The van der Waals surface area contributed by atoms with E-state index >= 15 is 0 Å². The maximum Gasteiger partial charge on any atom is 0.317 e. The summed E-state index contributed by atoms with van der Waals surface area (Å²) in [6, 6.07) is 1.95. The maximum atomic E-state index is 12.3. The molecule has 1 saturated heterocycles. The number of rotatable bonds is 5. The Hall–Kier alpha value is -2.31. The van der Waals surface area contributed by atoms with Crippen molar-refractivity contribution in [2.24, 2.45) is 5.92 Å². The number of likely N-dealkylation sites (tertiary alicyclic amines) is 1. The van der Waals surface area contributed by atoms with Crippen molar-refractivity contribution in [2.45, 2.75) is 32.2 Å². The molecule has 1 aliphatic rings. The highest BCUT2D eigenvalue weighted by atomic mass is 16.2. The lowest BCUT2D eigenvalue weighted by Crippen LogP contribution is -2.45. The van der Waals surface area contributed by atoms with Gasteiger partial charge in [0.05, 0.1) is 6.33 Å². The van der Waals surface area contributed by atoms with Crippen LogP contribution in [0, 0.1) is 5.92 Å². The number of aromatic nitrogens is 4. The molecule has 0 radical (unpaired) electrons. The number of carbonyl (C=O) groups is 1. The molecule has 2 aromatic heterocycles. The van der Waals surface area contributed by atoms with Crippen LogP contribution in [0.4, 0.5) is 4.79 Å². The first kappa shape index (κ1) is 15.6. The summed E-state index contributed by atoms with van der Waals surface area (Å²) < 4.78 is 1.90. The van der Waals surface area contributed by atoms with Crippen molar-refractivity contribution in [1.29, 1.82) is 0 Å². The van der Waals surface area contributed by atoms with Gasteiger partial charge in [-0.3, -0.25) is 4.68 Å². The van der Waals surface area contributed by atoms with E-state index in [4.69, 9.17) is 0 Å². The molecule has 2 amide bonds. The molecule has 7 nitrogen and oxygen atoms in total. The second kappa shape index (κ2) is 7.30. The fraction of sp³-hybridized carbons (Fsp3) is 0.562. The molecule has 1 aliphatic heterocycles. The van der Waals surface area contributed by atoms with Crippen molar-refractivity contribution in [3.63, 3.8) is 0 Å².